The van der Waals surface area contributed by atoms with Crippen molar-refractivity contribution in [2.45, 2.75) is 12.4 Å². The van der Waals surface area contributed by atoms with Crippen LogP contribution in [0.15, 0.2) is 60.8 Å². The average Bonchev–Trinajstić information content (AvgIpc) is 3.15. The van der Waals surface area contributed by atoms with Crippen molar-refractivity contribution >= 4 is 16.9 Å². The van der Waals surface area contributed by atoms with Gasteiger partial charge in [0.1, 0.15) is 22.6 Å². The number of rotatable bonds is 7. The number of nitrogens with zero attached hydrogens (tertiary/aromatic N) is 3. The van der Waals surface area contributed by atoms with Crippen molar-refractivity contribution in [2.75, 3.05) is 0 Å². The molecule has 9 heteroatoms. The van der Waals surface area contributed by atoms with Gasteiger partial charge in [-0.25, -0.2) is 19.1 Å². The zero-order valence-corrected chi connectivity index (χ0v) is 14.5. The summed E-state index contributed by atoms with van der Waals surface area (Å²) in [6.07, 6.45) is 1.75. The third-order valence-electron chi connectivity index (χ3n) is 3.61. The van der Waals surface area contributed by atoms with Crippen molar-refractivity contribution in [3.8, 4) is 11.3 Å². The Morgan fingerprint density at radius 1 is 1.12 bits per heavy atom. The summed E-state index contributed by atoms with van der Waals surface area (Å²) in [6, 6.07) is 16.2. The van der Waals surface area contributed by atoms with Crippen LogP contribution in [0.4, 0.5) is 0 Å². The van der Waals surface area contributed by atoms with Gasteiger partial charge in [-0.2, -0.15) is 0 Å². The molecule has 3 N–H and O–H groups in total. The second-order valence-electron chi connectivity index (χ2n) is 5.44. The van der Waals surface area contributed by atoms with Crippen molar-refractivity contribution < 1.29 is 14.2 Å². The molecule has 1 unspecified atom stereocenters. The lowest BCUT2D eigenvalue weighted by Gasteiger charge is -2.05. The van der Waals surface area contributed by atoms with Gasteiger partial charge in [0.2, 0.25) is 0 Å². The summed E-state index contributed by atoms with van der Waals surface area (Å²) in [7, 11) is -1.34. The smallest absolute Gasteiger partial charge is 0.274 e. The minimum absolute atomic E-state index is 0.171. The fourth-order valence-electron chi connectivity index (χ4n) is 2.27. The van der Waals surface area contributed by atoms with E-state index in [-0.39, 0.29) is 5.88 Å². The second kappa shape index (κ2) is 8.48. The minimum atomic E-state index is -1.34. The van der Waals surface area contributed by atoms with Gasteiger partial charge >= 0.3 is 0 Å². The van der Waals surface area contributed by atoms with E-state index in [9.17, 15) is 9.00 Å². The summed E-state index contributed by atoms with van der Waals surface area (Å²) in [5, 5.41) is 16.7. The lowest BCUT2D eigenvalue weighted by molar-refractivity contribution is 0.0706. The van der Waals surface area contributed by atoms with Crippen LogP contribution in [0.25, 0.3) is 11.3 Å². The Morgan fingerprint density at radius 3 is 2.54 bits per heavy atom. The number of hydroxylamine groups is 1. The largest absolute Gasteiger partial charge is 0.288 e. The van der Waals surface area contributed by atoms with Gasteiger partial charge in [0.05, 0.1) is 6.20 Å². The van der Waals surface area contributed by atoms with Crippen molar-refractivity contribution in [1.82, 2.24) is 25.2 Å². The van der Waals surface area contributed by atoms with Gasteiger partial charge in [-0.1, -0.05) is 47.7 Å². The highest BCUT2D eigenvalue weighted by molar-refractivity contribution is 7.81. The quantitative estimate of drug-likeness (QED) is 0.430. The van der Waals surface area contributed by atoms with E-state index in [4.69, 9.17) is 5.21 Å². The van der Waals surface area contributed by atoms with Crippen molar-refractivity contribution in [1.29, 1.82) is 0 Å². The first-order chi connectivity index (χ1) is 12.7. The van der Waals surface area contributed by atoms with Crippen LogP contribution in [0.1, 0.15) is 15.9 Å². The van der Waals surface area contributed by atoms with E-state index in [1.54, 1.807) is 35.9 Å². The van der Waals surface area contributed by atoms with E-state index in [0.29, 0.717) is 12.1 Å². The van der Waals surface area contributed by atoms with Crippen LogP contribution in [0.3, 0.4) is 0 Å². The van der Waals surface area contributed by atoms with Gasteiger partial charge in [-0.3, -0.25) is 10.0 Å². The number of amides is 1. The molecule has 134 valence electrons. The van der Waals surface area contributed by atoms with Crippen molar-refractivity contribution in [3.63, 3.8) is 0 Å². The van der Waals surface area contributed by atoms with Crippen LogP contribution in [0.5, 0.6) is 0 Å². The maximum Gasteiger partial charge on any atom is 0.274 e. The predicted molar refractivity (Wildman–Crippen MR) is 96.1 cm³/mol. The van der Waals surface area contributed by atoms with Gasteiger partial charge in [-0.15, -0.1) is 5.10 Å². The molecule has 0 bridgehead atoms. The molecule has 2 aromatic carbocycles. The number of carbonyl (C=O) groups is 1. The molecule has 0 saturated carbocycles. The standard InChI is InChI=1S/C17H17N5O3S/c23-17(20-24)15-8-6-13(7-9-15)10-18-26(25)12-22-11-16(19-21-22)14-4-2-1-3-5-14/h1-9,11,18,24H,10,12H2,(H,20,23). The van der Waals surface area contributed by atoms with E-state index in [1.807, 2.05) is 30.3 Å². The van der Waals surface area contributed by atoms with Crippen LogP contribution >= 0.6 is 0 Å². The highest BCUT2D eigenvalue weighted by Crippen LogP contribution is 2.14. The third-order valence-corrected chi connectivity index (χ3v) is 4.58. The molecule has 0 aliphatic heterocycles. The van der Waals surface area contributed by atoms with Crippen LogP contribution in [0, 0.1) is 0 Å². The highest BCUT2D eigenvalue weighted by atomic mass is 32.2. The molecule has 0 spiro atoms. The van der Waals surface area contributed by atoms with Crippen LogP contribution < -0.4 is 10.2 Å². The highest BCUT2D eigenvalue weighted by Gasteiger charge is 2.07. The van der Waals surface area contributed by atoms with Gasteiger partial charge in [0, 0.05) is 17.7 Å². The molecule has 1 amide bonds. The molecule has 3 rings (SSSR count). The maximum absolute atomic E-state index is 12.2. The molecule has 0 radical (unpaired) electrons. The summed E-state index contributed by atoms with van der Waals surface area (Å²) in [6.45, 7) is 0.369. The molecule has 1 heterocycles. The van der Waals surface area contributed by atoms with Crippen molar-refractivity contribution in [3.05, 3.63) is 71.9 Å². The second-order valence-corrected chi connectivity index (χ2v) is 6.68. The number of hydrogen-bond donors (Lipinski definition) is 3. The Balaban J connectivity index is 1.53. The zero-order valence-electron chi connectivity index (χ0n) is 13.7. The molecule has 8 nitrogen and oxygen atoms in total. The molecule has 0 fully saturated rings. The summed E-state index contributed by atoms with van der Waals surface area (Å²) in [5.74, 6) is -0.404. The van der Waals surface area contributed by atoms with Gasteiger partial charge in [0.15, 0.2) is 0 Å². The first-order valence-corrected chi connectivity index (χ1v) is 9.08. The summed E-state index contributed by atoms with van der Waals surface area (Å²) >= 11 is 0. The molecular formula is C17H17N5O3S. The lowest BCUT2D eigenvalue weighted by Crippen LogP contribution is -2.21. The zero-order chi connectivity index (χ0) is 18.4. The molecule has 0 aliphatic rings. The van der Waals surface area contributed by atoms with Crippen LogP contribution in [-0.2, 0) is 23.4 Å². The Kier molecular flexibility index (Phi) is 5.84. The maximum atomic E-state index is 12.2. The SMILES string of the molecule is O=C(NO)c1ccc(CNS(=O)Cn2cc(-c3ccccc3)nn2)cc1. The molecule has 1 aromatic heterocycles. The van der Waals surface area contributed by atoms with Gasteiger partial charge in [-0.05, 0) is 17.7 Å². The molecule has 0 aliphatic carbocycles. The van der Waals surface area contributed by atoms with E-state index < -0.39 is 16.9 Å². The number of carbonyl (C=O) groups excluding carboxylic acids is 1. The van der Waals surface area contributed by atoms with Crippen molar-refractivity contribution in [2.24, 2.45) is 0 Å². The van der Waals surface area contributed by atoms with E-state index in [1.165, 1.54) is 4.68 Å². The predicted octanol–water partition coefficient (Wildman–Crippen LogP) is 1.48. The fraction of sp³-hybridized carbons (Fsp3) is 0.118. The average molecular weight is 371 g/mol. The van der Waals surface area contributed by atoms with E-state index in [2.05, 4.69) is 15.0 Å². The first kappa shape index (κ1) is 17.9. The Hall–Kier alpha value is -2.88. The molecule has 26 heavy (non-hydrogen) atoms. The summed E-state index contributed by atoms with van der Waals surface area (Å²) in [5.41, 5.74) is 4.44. The molecule has 3 aromatic rings. The molecule has 0 saturated heterocycles. The number of nitrogens with one attached hydrogen (secondary N) is 2. The Bertz CT molecular complexity index is 896. The van der Waals surface area contributed by atoms with E-state index in [0.717, 1.165) is 16.8 Å². The number of hydrogen-bond acceptors (Lipinski definition) is 5. The van der Waals surface area contributed by atoms with E-state index >= 15 is 0 Å². The fourth-order valence-corrected chi connectivity index (χ4v) is 3.06. The van der Waals surface area contributed by atoms with Crippen LogP contribution in [0.2, 0.25) is 0 Å². The summed E-state index contributed by atoms with van der Waals surface area (Å²) < 4.78 is 16.6. The number of aromatic nitrogens is 3. The topological polar surface area (TPSA) is 109 Å². The van der Waals surface area contributed by atoms with Crippen LogP contribution in [-0.4, -0.2) is 30.3 Å². The third kappa shape index (κ3) is 4.60. The minimum Gasteiger partial charge on any atom is -0.288 e. The molecular weight excluding hydrogens is 354 g/mol. The van der Waals surface area contributed by atoms with Gasteiger partial charge in [0.25, 0.3) is 5.91 Å². The normalized spacial score (nSPS) is 11.9. The van der Waals surface area contributed by atoms with Gasteiger partial charge < -0.3 is 0 Å². The Labute approximate surface area is 152 Å². The monoisotopic (exact) mass is 371 g/mol. The molecule has 1 atom stereocenters. The lowest BCUT2D eigenvalue weighted by atomic mass is 10.1. The first-order valence-electron chi connectivity index (χ1n) is 7.76. The Morgan fingerprint density at radius 2 is 1.85 bits per heavy atom. The number of benzene rings is 2. The summed E-state index contributed by atoms with van der Waals surface area (Å²) in [4.78, 5) is 11.3.